The van der Waals surface area contributed by atoms with E-state index < -0.39 is 0 Å². The van der Waals surface area contributed by atoms with Crippen LogP contribution in [0.1, 0.15) is 49.9 Å². The number of anilines is 1. The topological polar surface area (TPSA) is 87.5 Å². The lowest BCUT2D eigenvalue weighted by atomic mass is 10.00. The zero-order chi connectivity index (χ0) is 18.9. The van der Waals surface area contributed by atoms with Crippen LogP contribution in [0.5, 0.6) is 0 Å². The van der Waals surface area contributed by atoms with E-state index in [0.717, 1.165) is 38.9 Å². The van der Waals surface area contributed by atoms with Crippen LogP contribution in [0, 0.1) is 5.92 Å². The maximum Gasteiger partial charge on any atom is 0.251 e. The molecule has 1 aliphatic rings. The molecule has 0 heterocycles. The molecule has 0 bridgehead atoms. The number of hydrogen-bond acceptors (Lipinski definition) is 4. The minimum absolute atomic E-state index is 0. The van der Waals surface area contributed by atoms with Crippen LogP contribution in [0.4, 0.5) is 5.69 Å². The molecule has 6 nitrogen and oxygen atoms in total. The van der Waals surface area contributed by atoms with Crippen molar-refractivity contribution in [2.75, 3.05) is 31.5 Å². The van der Waals surface area contributed by atoms with Crippen LogP contribution in [0.3, 0.4) is 0 Å². The normalized spacial score (nSPS) is 18.1. The smallest absolute Gasteiger partial charge is 0.251 e. The van der Waals surface area contributed by atoms with Crippen molar-refractivity contribution in [1.29, 1.82) is 0 Å². The molecule has 0 aliphatic heterocycles. The van der Waals surface area contributed by atoms with Gasteiger partial charge in [0, 0.05) is 36.8 Å². The SMILES string of the molecule is CCN(CC)CCNC(=O)c1cccc(NC(=O)C[C@@H]2CCC[C@H]2N)c1.Cl.Cl. The van der Waals surface area contributed by atoms with E-state index in [1.807, 2.05) is 0 Å². The fourth-order valence-electron chi connectivity index (χ4n) is 3.48. The Morgan fingerprint density at radius 2 is 1.89 bits per heavy atom. The highest BCUT2D eigenvalue weighted by molar-refractivity contribution is 5.97. The third kappa shape index (κ3) is 8.35. The quantitative estimate of drug-likeness (QED) is 0.559. The average molecular weight is 433 g/mol. The third-order valence-electron chi connectivity index (χ3n) is 5.18. The van der Waals surface area contributed by atoms with Gasteiger partial charge in [-0.1, -0.05) is 26.3 Å². The van der Waals surface area contributed by atoms with Crippen LogP contribution in [0.2, 0.25) is 0 Å². The first-order valence-corrected chi connectivity index (χ1v) is 9.69. The summed E-state index contributed by atoms with van der Waals surface area (Å²) in [5.41, 5.74) is 7.24. The lowest BCUT2D eigenvalue weighted by molar-refractivity contribution is -0.117. The van der Waals surface area contributed by atoms with Gasteiger partial charge in [0.1, 0.15) is 0 Å². The first-order valence-electron chi connectivity index (χ1n) is 9.69. The molecule has 160 valence electrons. The zero-order valence-electron chi connectivity index (χ0n) is 16.8. The summed E-state index contributed by atoms with van der Waals surface area (Å²) in [4.78, 5) is 26.8. The molecule has 0 unspecified atom stereocenters. The second-order valence-corrected chi connectivity index (χ2v) is 6.97. The largest absolute Gasteiger partial charge is 0.351 e. The molecule has 0 radical (unpaired) electrons. The van der Waals surface area contributed by atoms with Crippen LogP contribution in [0.15, 0.2) is 24.3 Å². The van der Waals surface area contributed by atoms with E-state index in [-0.39, 0.29) is 48.6 Å². The third-order valence-corrected chi connectivity index (χ3v) is 5.18. The molecule has 0 spiro atoms. The van der Waals surface area contributed by atoms with Gasteiger partial charge in [0.25, 0.3) is 5.91 Å². The van der Waals surface area contributed by atoms with Gasteiger partial charge >= 0.3 is 0 Å². The van der Waals surface area contributed by atoms with Gasteiger partial charge in [-0.25, -0.2) is 0 Å². The zero-order valence-corrected chi connectivity index (χ0v) is 18.4. The van der Waals surface area contributed by atoms with Gasteiger partial charge < -0.3 is 21.3 Å². The molecule has 1 saturated carbocycles. The summed E-state index contributed by atoms with van der Waals surface area (Å²) in [6, 6.07) is 7.20. The Bertz CT molecular complexity index is 612. The van der Waals surface area contributed by atoms with Crippen molar-refractivity contribution in [3.63, 3.8) is 0 Å². The summed E-state index contributed by atoms with van der Waals surface area (Å²) in [7, 11) is 0. The first-order chi connectivity index (χ1) is 12.5. The van der Waals surface area contributed by atoms with Gasteiger partial charge in [0.2, 0.25) is 5.91 Å². The van der Waals surface area contributed by atoms with Gasteiger partial charge in [-0.05, 0) is 50.0 Å². The summed E-state index contributed by atoms with van der Waals surface area (Å²) in [6.07, 6.45) is 3.56. The fourth-order valence-corrected chi connectivity index (χ4v) is 3.48. The van der Waals surface area contributed by atoms with Crippen LogP contribution in [-0.4, -0.2) is 48.9 Å². The summed E-state index contributed by atoms with van der Waals surface area (Å²) in [6.45, 7) is 7.59. The molecule has 28 heavy (non-hydrogen) atoms. The highest BCUT2D eigenvalue weighted by Crippen LogP contribution is 2.27. The highest BCUT2D eigenvalue weighted by Gasteiger charge is 2.26. The second kappa shape index (κ2) is 13.8. The molecular weight excluding hydrogens is 399 g/mol. The number of nitrogens with two attached hydrogens (primary N) is 1. The number of likely N-dealkylation sites (N-methyl/N-ethyl adjacent to an activating group) is 1. The number of rotatable bonds is 9. The van der Waals surface area contributed by atoms with Crippen molar-refractivity contribution in [2.45, 2.75) is 45.6 Å². The van der Waals surface area contributed by atoms with Gasteiger partial charge in [0.15, 0.2) is 0 Å². The van der Waals surface area contributed by atoms with Gasteiger partial charge in [0.05, 0.1) is 0 Å². The number of benzene rings is 1. The Hall–Kier alpha value is -1.34. The number of nitrogens with one attached hydrogen (secondary N) is 2. The van der Waals surface area contributed by atoms with Crippen molar-refractivity contribution in [3.05, 3.63) is 29.8 Å². The Morgan fingerprint density at radius 3 is 2.50 bits per heavy atom. The minimum atomic E-state index is -0.119. The van der Waals surface area contributed by atoms with Crippen molar-refractivity contribution < 1.29 is 9.59 Å². The van der Waals surface area contributed by atoms with Crippen LogP contribution in [-0.2, 0) is 4.79 Å². The van der Waals surface area contributed by atoms with E-state index in [9.17, 15) is 9.59 Å². The highest BCUT2D eigenvalue weighted by atomic mass is 35.5. The number of nitrogens with zero attached hydrogens (tertiary/aromatic N) is 1. The summed E-state index contributed by atoms with van der Waals surface area (Å²) in [5.74, 6) is 0.110. The summed E-state index contributed by atoms with van der Waals surface area (Å²) < 4.78 is 0. The molecule has 1 aromatic rings. The average Bonchev–Trinajstić information content (AvgIpc) is 3.03. The second-order valence-electron chi connectivity index (χ2n) is 6.97. The summed E-state index contributed by atoms with van der Waals surface area (Å²) >= 11 is 0. The molecular formula is C20H34Cl2N4O2. The predicted molar refractivity (Wildman–Crippen MR) is 120 cm³/mol. The number of carbonyl (C=O) groups is 2. The van der Waals surface area contributed by atoms with Crippen molar-refractivity contribution in [1.82, 2.24) is 10.2 Å². The number of hydrogen-bond donors (Lipinski definition) is 3. The molecule has 1 aromatic carbocycles. The molecule has 1 aliphatic carbocycles. The van der Waals surface area contributed by atoms with Crippen molar-refractivity contribution in [2.24, 2.45) is 11.7 Å². The number of carbonyl (C=O) groups excluding carboxylic acids is 2. The first kappa shape index (κ1) is 26.7. The fraction of sp³-hybridized carbons (Fsp3) is 0.600. The molecule has 2 amide bonds. The molecule has 4 N–H and O–H groups in total. The van der Waals surface area contributed by atoms with E-state index in [1.54, 1.807) is 24.3 Å². The minimum Gasteiger partial charge on any atom is -0.351 e. The standard InChI is InChI=1S/C20H32N4O2.2ClH/c1-3-24(4-2)12-11-22-20(26)16-8-5-9-17(13-16)23-19(25)14-15-7-6-10-18(15)21;;/h5,8-9,13,15,18H,3-4,6-7,10-12,14,21H2,1-2H3,(H,22,26)(H,23,25);2*1H/t15-,18+;;/m0../s1. The Labute approximate surface area is 180 Å². The van der Waals surface area contributed by atoms with E-state index in [1.165, 1.54) is 0 Å². The van der Waals surface area contributed by atoms with Crippen molar-refractivity contribution in [3.8, 4) is 0 Å². The Balaban J connectivity index is 0.00000364. The molecule has 1 fully saturated rings. The molecule has 0 saturated heterocycles. The number of amides is 2. The van der Waals surface area contributed by atoms with Gasteiger partial charge in [-0.2, -0.15) is 0 Å². The van der Waals surface area contributed by atoms with Gasteiger partial charge in [-0.3, -0.25) is 9.59 Å². The lowest BCUT2D eigenvalue weighted by Gasteiger charge is -2.18. The maximum atomic E-state index is 12.3. The Morgan fingerprint density at radius 1 is 1.18 bits per heavy atom. The molecule has 8 heteroatoms. The molecule has 0 aromatic heterocycles. The van der Waals surface area contributed by atoms with Crippen LogP contribution in [0.25, 0.3) is 0 Å². The Kier molecular flexibility index (Phi) is 13.1. The monoisotopic (exact) mass is 432 g/mol. The maximum absolute atomic E-state index is 12.3. The molecule has 2 atom stereocenters. The van der Waals surface area contributed by atoms with Crippen LogP contribution >= 0.6 is 24.8 Å². The van der Waals surface area contributed by atoms with Gasteiger partial charge in [-0.15, -0.1) is 24.8 Å². The predicted octanol–water partition coefficient (Wildman–Crippen LogP) is 3.06. The van der Waals surface area contributed by atoms with E-state index in [0.29, 0.717) is 24.2 Å². The summed E-state index contributed by atoms with van der Waals surface area (Å²) in [5, 5.41) is 5.83. The van der Waals surface area contributed by atoms with Crippen molar-refractivity contribution >= 4 is 42.3 Å². The van der Waals surface area contributed by atoms with E-state index in [4.69, 9.17) is 5.73 Å². The molecule has 2 rings (SSSR count). The number of halogens is 2. The lowest BCUT2D eigenvalue weighted by Crippen LogP contribution is -2.34. The van der Waals surface area contributed by atoms with E-state index >= 15 is 0 Å². The van der Waals surface area contributed by atoms with Crippen LogP contribution < -0.4 is 16.4 Å². The van der Waals surface area contributed by atoms with E-state index in [2.05, 4.69) is 29.4 Å².